The fourth-order valence-electron chi connectivity index (χ4n) is 2.56. The molecule has 2 aromatic carbocycles. The van der Waals surface area contributed by atoms with Gasteiger partial charge < -0.3 is 4.98 Å². The Morgan fingerprint density at radius 1 is 0.818 bits per heavy atom. The Kier molecular flexibility index (Phi) is 3.32. The zero-order chi connectivity index (χ0) is 15.5. The Labute approximate surface area is 127 Å². The number of fused-ring (bicyclic) bond motifs is 1. The quantitative estimate of drug-likeness (QED) is 0.781. The molecule has 0 aliphatic heterocycles. The number of nitrogens with one attached hydrogen (secondary N) is 1. The van der Waals surface area contributed by atoms with Gasteiger partial charge in [0.05, 0.1) is 22.8 Å². The fraction of sp³-hybridized carbons (Fsp3) is 0.0556. The third kappa shape index (κ3) is 2.18. The van der Waals surface area contributed by atoms with E-state index < -0.39 is 0 Å². The zero-order valence-corrected chi connectivity index (χ0v) is 11.6. The van der Waals surface area contributed by atoms with Crippen LogP contribution >= 0.6 is 0 Å². The SMILES string of the molecule is N#Cc1cc(C#N)c(Cc2c[nH]c3ccccc23)cc1C#N. The molecular weight excluding hydrogens is 272 g/mol. The van der Waals surface area contributed by atoms with Crippen molar-refractivity contribution in [3.8, 4) is 18.2 Å². The monoisotopic (exact) mass is 282 g/mol. The van der Waals surface area contributed by atoms with Crippen molar-refractivity contribution >= 4 is 10.9 Å². The van der Waals surface area contributed by atoms with E-state index >= 15 is 0 Å². The molecule has 0 amide bonds. The van der Waals surface area contributed by atoms with E-state index in [-0.39, 0.29) is 5.56 Å². The fourth-order valence-corrected chi connectivity index (χ4v) is 2.56. The standard InChI is InChI=1S/C18H10N4/c19-8-13-7-15(10-21)14(9-20)5-12(13)6-16-11-22-18-4-2-1-3-17(16)18/h1-5,7,11,22H,6H2. The second-order valence-corrected chi connectivity index (χ2v) is 4.93. The van der Waals surface area contributed by atoms with Gasteiger partial charge in [-0.2, -0.15) is 15.8 Å². The van der Waals surface area contributed by atoms with Crippen molar-refractivity contribution in [2.45, 2.75) is 6.42 Å². The van der Waals surface area contributed by atoms with E-state index in [4.69, 9.17) is 10.5 Å². The van der Waals surface area contributed by atoms with Gasteiger partial charge in [0.2, 0.25) is 0 Å². The van der Waals surface area contributed by atoms with Crippen LogP contribution < -0.4 is 0 Å². The third-order valence-corrected chi connectivity index (χ3v) is 3.66. The molecule has 0 aliphatic rings. The van der Waals surface area contributed by atoms with Crippen LogP contribution in [0, 0.1) is 34.0 Å². The minimum absolute atomic E-state index is 0.238. The first kappa shape index (κ1) is 13.4. The van der Waals surface area contributed by atoms with Crippen LogP contribution in [0.25, 0.3) is 10.9 Å². The molecule has 0 spiro atoms. The first-order valence-corrected chi connectivity index (χ1v) is 6.69. The van der Waals surface area contributed by atoms with Gasteiger partial charge in [0.15, 0.2) is 0 Å². The van der Waals surface area contributed by atoms with Crippen molar-refractivity contribution in [2.75, 3.05) is 0 Å². The molecule has 0 fully saturated rings. The first-order valence-electron chi connectivity index (χ1n) is 6.69. The molecule has 22 heavy (non-hydrogen) atoms. The van der Waals surface area contributed by atoms with E-state index in [9.17, 15) is 5.26 Å². The average molecular weight is 282 g/mol. The van der Waals surface area contributed by atoms with Gasteiger partial charge in [0.1, 0.15) is 12.1 Å². The number of H-pyrrole nitrogens is 1. The summed E-state index contributed by atoms with van der Waals surface area (Å²) in [5, 5.41) is 28.6. The Morgan fingerprint density at radius 3 is 2.23 bits per heavy atom. The van der Waals surface area contributed by atoms with Crippen LogP contribution in [-0.4, -0.2) is 4.98 Å². The molecular formula is C18H10N4. The van der Waals surface area contributed by atoms with Gasteiger partial charge in [-0.1, -0.05) is 18.2 Å². The highest BCUT2D eigenvalue weighted by atomic mass is 14.7. The summed E-state index contributed by atoms with van der Waals surface area (Å²) in [6, 6.07) is 17.1. The van der Waals surface area contributed by atoms with Crippen LogP contribution in [0.5, 0.6) is 0 Å². The van der Waals surface area contributed by atoms with E-state index in [1.807, 2.05) is 42.6 Å². The van der Waals surface area contributed by atoms with Crippen molar-refractivity contribution in [1.82, 2.24) is 4.98 Å². The second kappa shape index (κ2) is 5.44. The van der Waals surface area contributed by atoms with Gasteiger partial charge in [0.25, 0.3) is 0 Å². The smallest absolute Gasteiger partial charge is 0.101 e. The molecule has 0 saturated heterocycles. The Morgan fingerprint density at radius 2 is 1.50 bits per heavy atom. The number of hydrogen-bond acceptors (Lipinski definition) is 3. The van der Waals surface area contributed by atoms with Crippen molar-refractivity contribution in [1.29, 1.82) is 15.8 Å². The van der Waals surface area contributed by atoms with Gasteiger partial charge in [-0.05, 0) is 29.3 Å². The number of aromatic amines is 1. The van der Waals surface area contributed by atoms with Crippen molar-refractivity contribution in [3.05, 3.63) is 70.4 Å². The minimum atomic E-state index is 0.238. The molecule has 0 bridgehead atoms. The zero-order valence-electron chi connectivity index (χ0n) is 11.6. The number of rotatable bonds is 2. The lowest BCUT2D eigenvalue weighted by Gasteiger charge is -2.05. The maximum atomic E-state index is 9.29. The molecule has 4 heteroatoms. The van der Waals surface area contributed by atoms with E-state index in [0.29, 0.717) is 17.5 Å². The number of hydrogen-bond donors (Lipinski definition) is 1. The summed E-state index contributed by atoms with van der Waals surface area (Å²) < 4.78 is 0. The van der Waals surface area contributed by atoms with Crippen molar-refractivity contribution < 1.29 is 0 Å². The lowest BCUT2D eigenvalue weighted by molar-refractivity contribution is 1.18. The average Bonchev–Trinajstić information content (AvgIpc) is 2.97. The summed E-state index contributed by atoms with van der Waals surface area (Å²) in [6.07, 6.45) is 2.45. The van der Waals surface area contributed by atoms with Gasteiger partial charge in [-0.25, -0.2) is 0 Å². The van der Waals surface area contributed by atoms with Crippen molar-refractivity contribution in [3.63, 3.8) is 0 Å². The molecule has 0 aliphatic carbocycles. The number of nitrogens with zero attached hydrogens (tertiary/aromatic N) is 3. The molecule has 1 heterocycles. The minimum Gasteiger partial charge on any atom is -0.361 e. The van der Waals surface area contributed by atoms with Crippen LogP contribution in [0.1, 0.15) is 27.8 Å². The Balaban J connectivity index is 2.11. The predicted octanol–water partition coefficient (Wildman–Crippen LogP) is 3.37. The van der Waals surface area contributed by atoms with Crippen LogP contribution in [0.15, 0.2) is 42.6 Å². The van der Waals surface area contributed by atoms with Crippen LogP contribution in [0.4, 0.5) is 0 Å². The molecule has 0 atom stereocenters. The molecule has 4 nitrogen and oxygen atoms in total. The first-order chi connectivity index (χ1) is 10.8. The normalized spacial score (nSPS) is 9.86. The Hall–Kier alpha value is -3.55. The molecule has 0 saturated carbocycles. The molecule has 3 rings (SSSR count). The summed E-state index contributed by atoms with van der Waals surface area (Å²) in [5.41, 5.74) is 3.81. The second-order valence-electron chi connectivity index (χ2n) is 4.93. The maximum absolute atomic E-state index is 9.29. The maximum Gasteiger partial charge on any atom is 0.101 e. The van der Waals surface area contributed by atoms with E-state index in [2.05, 4.69) is 11.1 Å². The van der Waals surface area contributed by atoms with Gasteiger partial charge in [-0.3, -0.25) is 0 Å². The highest BCUT2D eigenvalue weighted by molar-refractivity contribution is 5.83. The van der Waals surface area contributed by atoms with Crippen molar-refractivity contribution in [2.24, 2.45) is 0 Å². The number of nitriles is 3. The molecule has 1 aromatic heterocycles. The summed E-state index contributed by atoms with van der Waals surface area (Å²) in [6.45, 7) is 0. The lowest BCUT2D eigenvalue weighted by Crippen LogP contribution is -1.96. The van der Waals surface area contributed by atoms with Gasteiger partial charge >= 0.3 is 0 Å². The van der Waals surface area contributed by atoms with E-state index in [1.54, 1.807) is 6.07 Å². The van der Waals surface area contributed by atoms with Crippen LogP contribution in [-0.2, 0) is 6.42 Å². The van der Waals surface area contributed by atoms with E-state index in [1.165, 1.54) is 6.07 Å². The number of para-hydroxylation sites is 1. The summed E-state index contributed by atoms with van der Waals surface area (Å²) in [4.78, 5) is 3.20. The third-order valence-electron chi connectivity index (χ3n) is 3.66. The van der Waals surface area contributed by atoms with Crippen LogP contribution in [0.2, 0.25) is 0 Å². The predicted molar refractivity (Wildman–Crippen MR) is 81.7 cm³/mol. The van der Waals surface area contributed by atoms with Gasteiger partial charge in [-0.15, -0.1) is 0 Å². The molecule has 1 N–H and O–H groups in total. The summed E-state index contributed by atoms with van der Waals surface area (Å²) in [7, 11) is 0. The summed E-state index contributed by atoms with van der Waals surface area (Å²) in [5.74, 6) is 0. The molecule has 102 valence electrons. The van der Waals surface area contributed by atoms with Crippen LogP contribution in [0.3, 0.4) is 0 Å². The van der Waals surface area contributed by atoms with Gasteiger partial charge in [0, 0.05) is 23.5 Å². The Bertz CT molecular complexity index is 991. The molecule has 0 unspecified atom stereocenters. The summed E-state index contributed by atoms with van der Waals surface area (Å²) >= 11 is 0. The molecule has 3 aromatic rings. The largest absolute Gasteiger partial charge is 0.361 e. The highest BCUT2D eigenvalue weighted by Gasteiger charge is 2.12. The number of aromatic nitrogens is 1. The highest BCUT2D eigenvalue weighted by Crippen LogP contribution is 2.24. The number of benzene rings is 2. The molecule has 0 radical (unpaired) electrons. The van der Waals surface area contributed by atoms with E-state index in [0.717, 1.165) is 22.0 Å². The lowest BCUT2D eigenvalue weighted by atomic mass is 9.95. The topological polar surface area (TPSA) is 87.2 Å².